The molecular weight excluding hydrogens is 288 g/mol. The second-order valence-corrected chi connectivity index (χ2v) is 4.28. The fraction of sp³-hybridized carbons (Fsp3) is 0.267. The third-order valence-corrected chi connectivity index (χ3v) is 2.73. The minimum absolute atomic E-state index is 0.00922. The Hall–Kier alpha value is -2.67. The van der Waals surface area contributed by atoms with Gasteiger partial charge in [0.1, 0.15) is 19.5 Å². The first-order chi connectivity index (χ1) is 10.7. The molecule has 0 bridgehead atoms. The molecule has 0 fully saturated rings. The van der Waals surface area contributed by atoms with E-state index >= 15 is 0 Å². The highest BCUT2D eigenvalue weighted by Crippen LogP contribution is 2.28. The third kappa shape index (κ3) is 4.16. The maximum atomic E-state index is 11.3. The van der Waals surface area contributed by atoms with Crippen LogP contribution in [0.25, 0.3) is 0 Å². The van der Waals surface area contributed by atoms with Crippen molar-refractivity contribution in [2.45, 2.75) is 6.61 Å². The van der Waals surface area contributed by atoms with Gasteiger partial charge in [0.15, 0.2) is 5.69 Å². The first-order valence-electron chi connectivity index (χ1n) is 6.59. The molecule has 7 nitrogen and oxygen atoms in total. The monoisotopic (exact) mass is 304 g/mol. The van der Waals surface area contributed by atoms with Crippen molar-refractivity contribution in [1.29, 1.82) is 0 Å². The number of carbonyl (C=O) groups is 1. The van der Waals surface area contributed by atoms with E-state index in [9.17, 15) is 9.90 Å². The quantitative estimate of drug-likeness (QED) is 0.743. The van der Waals surface area contributed by atoms with Gasteiger partial charge in [-0.2, -0.15) is 4.98 Å². The van der Waals surface area contributed by atoms with Crippen LogP contribution in [0.5, 0.6) is 11.6 Å². The van der Waals surface area contributed by atoms with Gasteiger partial charge in [-0.25, -0.2) is 9.78 Å². The van der Waals surface area contributed by atoms with E-state index in [0.29, 0.717) is 6.61 Å². The number of rotatable bonds is 8. The van der Waals surface area contributed by atoms with Crippen LogP contribution in [0.1, 0.15) is 16.1 Å². The van der Waals surface area contributed by atoms with Gasteiger partial charge in [-0.15, -0.1) is 0 Å². The average Bonchev–Trinajstić information content (AvgIpc) is 2.54. The number of hydrogen-bond acceptors (Lipinski definition) is 6. The summed E-state index contributed by atoms with van der Waals surface area (Å²) in [5, 5.41) is 9.21. The van der Waals surface area contributed by atoms with Crippen molar-refractivity contribution in [2.75, 3.05) is 20.3 Å². The Kier molecular flexibility index (Phi) is 5.67. The highest BCUT2D eigenvalue weighted by molar-refractivity contribution is 5.89. The molecule has 1 N–H and O–H groups in total. The summed E-state index contributed by atoms with van der Waals surface area (Å²) < 4.78 is 15.9. The Morgan fingerprint density at radius 3 is 2.59 bits per heavy atom. The van der Waals surface area contributed by atoms with Crippen LogP contribution in [0.15, 0.2) is 36.7 Å². The molecule has 0 aliphatic heterocycles. The number of carboxylic acids is 1. The van der Waals surface area contributed by atoms with Crippen LogP contribution >= 0.6 is 0 Å². The number of aromatic carboxylic acids is 1. The fourth-order valence-electron chi connectivity index (χ4n) is 1.69. The molecule has 0 aliphatic carbocycles. The summed E-state index contributed by atoms with van der Waals surface area (Å²) >= 11 is 0. The topological polar surface area (TPSA) is 90.8 Å². The van der Waals surface area contributed by atoms with Crippen molar-refractivity contribution in [3.8, 4) is 11.6 Å². The van der Waals surface area contributed by atoms with E-state index in [1.165, 1.54) is 0 Å². The van der Waals surface area contributed by atoms with Crippen LogP contribution in [0.2, 0.25) is 0 Å². The Morgan fingerprint density at radius 1 is 1.14 bits per heavy atom. The van der Waals surface area contributed by atoms with Crippen LogP contribution in [0, 0.1) is 0 Å². The SMILES string of the molecule is COCCOc1ncnc(C(=O)O)c1OCc1ccccc1. The van der Waals surface area contributed by atoms with Gasteiger partial charge >= 0.3 is 5.97 Å². The molecule has 1 aromatic carbocycles. The summed E-state index contributed by atoms with van der Waals surface area (Å²) in [5.74, 6) is -1.11. The van der Waals surface area contributed by atoms with Crippen molar-refractivity contribution in [1.82, 2.24) is 9.97 Å². The van der Waals surface area contributed by atoms with E-state index in [4.69, 9.17) is 14.2 Å². The molecule has 7 heteroatoms. The molecule has 116 valence electrons. The van der Waals surface area contributed by atoms with Crippen molar-refractivity contribution in [3.63, 3.8) is 0 Å². The lowest BCUT2D eigenvalue weighted by Crippen LogP contribution is -2.11. The first kappa shape index (κ1) is 15.7. The number of nitrogens with zero attached hydrogens (tertiary/aromatic N) is 2. The number of ether oxygens (including phenoxy) is 3. The number of benzene rings is 1. The lowest BCUT2D eigenvalue weighted by atomic mass is 10.2. The summed E-state index contributed by atoms with van der Waals surface area (Å²) in [6.07, 6.45) is 1.13. The second kappa shape index (κ2) is 7.94. The molecule has 0 amide bonds. The maximum Gasteiger partial charge on any atom is 0.358 e. The van der Waals surface area contributed by atoms with Crippen molar-refractivity contribution in [2.24, 2.45) is 0 Å². The van der Waals surface area contributed by atoms with E-state index in [-0.39, 0.29) is 30.5 Å². The Labute approximate surface area is 127 Å². The molecule has 2 aromatic rings. The highest BCUT2D eigenvalue weighted by Gasteiger charge is 2.20. The van der Waals surface area contributed by atoms with E-state index in [1.54, 1.807) is 7.11 Å². The number of methoxy groups -OCH3 is 1. The number of hydrogen-bond donors (Lipinski definition) is 1. The van der Waals surface area contributed by atoms with Gasteiger partial charge in [0, 0.05) is 7.11 Å². The van der Waals surface area contributed by atoms with Gasteiger partial charge < -0.3 is 19.3 Å². The van der Waals surface area contributed by atoms with Crippen molar-refractivity contribution >= 4 is 5.97 Å². The first-order valence-corrected chi connectivity index (χ1v) is 6.59. The molecule has 0 saturated carbocycles. The van der Waals surface area contributed by atoms with Gasteiger partial charge in [-0.1, -0.05) is 30.3 Å². The summed E-state index contributed by atoms with van der Waals surface area (Å²) in [4.78, 5) is 18.9. The van der Waals surface area contributed by atoms with Gasteiger partial charge in [-0.05, 0) is 5.56 Å². The third-order valence-electron chi connectivity index (χ3n) is 2.73. The van der Waals surface area contributed by atoms with Crippen LogP contribution in [-0.2, 0) is 11.3 Å². The molecule has 1 aromatic heterocycles. The molecule has 0 radical (unpaired) electrons. The predicted octanol–water partition coefficient (Wildman–Crippen LogP) is 1.78. The van der Waals surface area contributed by atoms with E-state index < -0.39 is 5.97 Å². The Balaban J connectivity index is 2.19. The minimum Gasteiger partial charge on any atom is -0.481 e. The molecule has 0 unspecified atom stereocenters. The fourth-order valence-corrected chi connectivity index (χ4v) is 1.69. The molecule has 0 atom stereocenters. The predicted molar refractivity (Wildman–Crippen MR) is 77.1 cm³/mol. The van der Waals surface area contributed by atoms with Crippen LogP contribution < -0.4 is 9.47 Å². The smallest absolute Gasteiger partial charge is 0.358 e. The largest absolute Gasteiger partial charge is 0.481 e. The van der Waals surface area contributed by atoms with Crippen molar-refractivity contribution in [3.05, 3.63) is 47.9 Å². The normalized spacial score (nSPS) is 10.2. The summed E-state index contributed by atoms with van der Waals surface area (Å²) in [5.41, 5.74) is 0.656. The molecule has 2 rings (SSSR count). The van der Waals surface area contributed by atoms with Gasteiger partial charge in [0.05, 0.1) is 6.61 Å². The Morgan fingerprint density at radius 2 is 1.91 bits per heavy atom. The van der Waals surface area contributed by atoms with Crippen molar-refractivity contribution < 1.29 is 24.1 Å². The maximum absolute atomic E-state index is 11.3. The van der Waals surface area contributed by atoms with Gasteiger partial charge in [-0.3, -0.25) is 0 Å². The van der Waals surface area contributed by atoms with Crippen LogP contribution in [-0.4, -0.2) is 41.4 Å². The molecule has 0 saturated heterocycles. The minimum atomic E-state index is -1.21. The number of aromatic nitrogens is 2. The number of carboxylic acid groups (broad SMARTS) is 1. The van der Waals surface area contributed by atoms with Gasteiger partial charge in [0.2, 0.25) is 5.75 Å². The standard InChI is InChI=1S/C15H16N2O5/c1-20-7-8-21-14-13(12(15(18)19)16-10-17-14)22-9-11-5-3-2-4-6-11/h2-6,10H,7-9H2,1H3,(H,18,19). The van der Waals surface area contributed by atoms with Crippen LogP contribution in [0.3, 0.4) is 0 Å². The summed E-state index contributed by atoms with van der Waals surface area (Å²) in [6.45, 7) is 0.772. The second-order valence-electron chi connectivity index (χ2n) is 4.28. The molecule has 0 spiro atoms. The lowest BCUT2D eigenvalue weighted by Gasteiger charge is -2.13. The zero-order chi connectivity index (χ0) is 15.8. The average molecular weight is 304 g/mol. The van der Waals surface area contributed by atoms with E-state index in [1.807, 2.05) is 30.3 Å². The zero-order valence-corrected chi connectivity index (χ0v) is 12.1. The Bertz CT molecular complexity index is 619. The van der Waals surface area contributed by atoms with E-state index in [0.717, 1.165) is 11.9 Å². The lowest BCUT2D eigenvalue weighted by molar-refractivity contribution is 0.0682. The summed E-state index contributed by atoms with van der Waals surface area (Å²) in [6, 6.07) is 9.37. The molecular formula is C15H16N2O5. The molecule has 1 heterocycles. The highest BCUT2D eigenvalue weighted by atomic mass is 16.5. The van der Waals surface area contributed by atoms with Gasteiger partial charge in [0.25, 0.3) is 5.88 Å². The molecule has 22 heavy (non-hydrogen) atoms. The molecule has 0 aliphatic rings. The zero-order valence-electron chi connectivity index (χ0n) is 12.1. The van der Waals surface area contributed by atoms with Crippen LogP contribution in [0.4, 0.5) is 0 Å². The van der Waals surface area contributed by atoms with E-state index in [2.05, 4.69) is 9.97 Å². The summed E-state index contributed by atoms with van der Waals surface area (Å²) in [7, 11) is 1.54.